The van der Waals surface area contributed by atoms with Crippen molar-refractivity contribution in [3.8, 4) is 0 Å². The molecule has 0 spiro atoms. The molecule has 0 aromatic carbocycles. The number of fused-ring (bicyclic) bond motifs is 1. The van der Waals surface area contributed by atoms with Crippen LogP contribution < -0.4 is 10.6 Å². The quantitative estimate of drug-likeness (QED) is 0.863. The Balaban J connectivity index is 0.00000192. The highest BCUT2D eigenvalue weighted by molar-refractivity contribution is 7.08. The van der Waals surface area contributed by atoms with E-state index in [0.717, 1.165) is 50.9 Å². The number of halogens is 1. The Morgan fingerprint density at radius 3 is 2.57 bits per heavy atom. The Labute approximate surface area is 147 Å². The second-order valence-corrected chi connectivity index (χ2v) is 6.93. The van der Waals surface area contributed by atoms with Crippen molar-refractivity contribution in [1.29, 1.82) is 0 Å². The van der Waals surface area contributed by atoms with Crippen LogP contribution in [0.15, 0.2) is 16.8 Å². The molecule has 0 saturated carbocycles. The average Bonchev–Trinajstić information content (AvgIpc) is 3.16. The number of rotatable bonds is 4. The minimum Gasteiger partial charge on any atom is -0.351 e. The number of carbonyl (C=O) groups is 2. The molecule has 3 rings (SSSR count). The minimum absolute atomic E-state index is 0. The lowest BCUT2D eigenvalue weighted by Crippen LogP contribution is -2.35. The zero-order valence-electron chi connectivity index (χ0n) is 13.1. The van der Waals surface area contributed by atoms with Gasteiger partial charge in [-0.15, -0.1) is 12.4 Å². The number of likely N-dealkylation sites (tertiary alicyclic amines) is 1. The fraction of sp³-hybridized carbons (Fsp3) is 0.625. The van der Waals surface area contributed by atoms with Crippen LogP contribution in [0.2, 0.25) is 0 Å². The van der Waals surface area contributed by atoms with E-state index < -0.39 is 0 Å². The Kier molecular flexibility index (Phi) is 6.87. The van der Waals surface area contributed by atoms with Crippen molar-refractivity contribution in [3.63, 3.8) is 0 Å². The second-order valence-electron chi connectivity index (χ2n) is 6.15. The fourth-order valence-electron chi connectivity index (χ4n) is 3.40. The van der Waals surface area contributed by atoms with Gasteiger partial charge < -0.3 is 15.5 Å². The number of hydrogen-bond acceptors (Lipinski definition) is 4. The van der Waals surface area contributed by atoms with Crippen LogP contribution in [0, 0.1) is 11.8 Å². The van der Waals surface area contributed by atoms with Crippen molar-refractivity contribution < 1.29 is 9.59 Å². The smallest absolute Gasteiger partial charge is 0.252 e. The normalized spacial score (nSPS) is 23.6. The number of carbonyl (C=O) groups excluding carboxylic acids is 2. The first-order chi connectivity index (χ1) is 10.7. The Morgan fingerprint density at radius 1 is 1.26 bits per heavy atom. The van der Waals surface area contributed by atoms with E-state index in [-0.39, 0.29) is 24.2 Å². The molecule has 2 amide bonds. The van der Waals surface area contributed by atoms with E-state index in [1.54, 1.807) is 6.07 Å². The van der Waals surface area contributed by atoms with Crippen LogP contribution >= 0.6 is 23.7 Å². The monoisotopic (exact) mass is 357 g/mol. The first kappa shape index (κ1) is 18.2. The summed E-state index contributed by atoms with van der Waals surface area (Å²) in [4.78, 5) is 26.1. The number of amides is 2. The van der Waals surface area contributed by atoms with Gasteiger partial charge in [0.05, 0.1) is 0 Å². The third kappa shape index (κ3) is 4.68. The molecule has 2 fully saturated rings. The van der Waals surface area contributed by atoms with E-state index in [1.165, 1.54) is 11.3 Å². The topological polar surface area (TPSA) is 61.4 Å². The van der Waals surface area contributed by atoms with Gasteiger partial charge in [0.1, 0.15) is 0 Å². The SMILES string of the molecule is Cl.O=C(NCCC(=O)N1CC[C@@H]2CNC[C@@H]2CC1)c1ccsc1. The van der Waals surface area contributed by atoms with Crippen LogP contribution in [0.25, 0.3) is 0 Å². The predicted molar refractivity (Wildman–Crippen MR) is 94.2 cm³/mol. The zero-order valence-corrected chi connectivity index (χ0v) is 14.8. The lowest BCUT2D eigenvalue weighted by Gasteiger charge is -2.21. The van der Waals surface area contributed by atoms with Crippen molar-refractivity contribution in [2.45, 2.75) is 19.3 Å². The van der Waals surface area contributed by atoms with Gasteiger partial charge >= 0.3 is 0 Å². The maximum atomic E-state index is 12.3. The number of nitrogens with one attached hydrogen (secondary N) is 2. The fourth-order valence-corrected chi connectivity index (χ4v) is 4.04. The van der Waals surface area contributed by atoms with Crippen molar-refractivity contribution in [1.82, 2.24) is 15.5 Å². The van der Waals surface area contributed by atoms with Gasteiger partial charge in [0, 0.05) is 37.0 Å². The molecule has 3 heterocycles. The van der Waals surface area contributed by atoms with E-state index in [9.17, 15) is 9.59 Å². The highest BCUT2D eigenvalue weighted by Crippen LogP contribution is 2.27. The first-order valence-electron chi connectivity index (χ1n) is 8.03. The van der Waals surface area contributed by atoms with Crippen LogP contribution in [0.5, 0.6) is 0 Å². The molecule has 1 aromatic rings. The van der Waals surface area contributed by atoms with Crippen molar-refractivity contribution in [3.05, 3.63) is 22.4 Å². The van der Waals surface area contributed by atoms with Crippen molar-refractivity contribution >= 4 is 35.6 Å². The molecule has 7 heteroatoms. The molecule has 2 aliphatic heterocycles. The third-order valence-electron chi connectivity index (χ3n) is 4.78. The van der Waals surface area contributed by atoms with Crippen LogP contribution in [-0.2, 0) is 4.79 Å². The van der Waals surface area contributed by atoms with Gasteiger partial charge in [-0.1, -0.05) is 0 Å². The summed E-state index contributed by atoms with van der Waals surface area (Å²) in [6.07, 6.45) is 2.60. The molecule has 5 nitrogen and oxygen atoms in total. The van der Waals surface area contributed by atoms with Crippen LogP contribution in [0.4, 0.5) is 0 Å². The molecule has 2 saturated heterocycles. The van der Waals surface area contributed by atoms with Gasteiger partial charge in [0.25, 0.3) is 5.91 Å². The summed E-state index contributed by atoms with van der Waals surface area (Å²) in [5.74, 6) is 1.54. The lowest BCUT2D eigenvalue weighted by molar-refractivity contribution is -0.131. The molecule has 23 heavy (non-hydrogen) atoms. The number of thiophene rings is 1. The average molecular weight is 358 g/mol. The van der Waals surface area contributed by atoms with E-state index in [4.69, 9.17) is 0 Å². The largest absolute Gasteiger partial charge is 0.351 e. The Hall–Kier alpha value is -1.11. The maximum absolute atomic E-state index is 12.3. The highest BCUT2D eigenvalue weighted by Gasteiger charge is 2.31. The van der Waals surface area contributed by atoms with Crippen molar-refractivity contribution in [2.24, 2.45) is 11.8 Å². The summed E-state index contributed by atoms with van der Waals surface area (Å²) < 4.78 is 0. The second kappa shape index (κ2) is 8.66. The number of nitrogens with zero attached hydrogens (tertiary/aromatic N) is 1. The van der Waals surface area contributed by atoms with Gasteiger partial charge in [-0.05, 0) is 49.2 Å². The molecule has 2 aliphatic rings. The summed E-state index contributed by atoms with van der Waals surface area (Å²) in [6, 6.07) is 1.80. The van der Waals surface area contributed by atoms with Gasteiger partial charge in [-0.2, -0.15) is 11.3 Å². The summed E-state index contributed by atoms with van der Waals surface area (Å²) in [5.41, 5.74) is 0.674. The van der Waals surface area contributed by atoms with Crippen molar-refractivity contribution in [2.75, 3.05) is 32.7 Å². The Bertz CT molecular complexity index is 509. The van der Waals surface area contributed by atoms with Gasteiger partial charge in [-0.25, -0.2) is 0 Å². The predicted octanol–water partition coefficient (Wildman–Crippen LogP) is 1.75. The summed E-state index contributed by atoms with van der Waals surface area (Å²) in [5, 5.41) is 9.96. The maximum Gasteiger partial charge on any atom is 0.252 e. The zero-order chi connectivity index (χ0) is 15.4. The lowest BCUT2D eigenvalue weighted by atomic mass is 9.92. The van der Waals surface area contributed by atoms with Gasteiger partial charge in [0.15, 0.2) is 0 Å². The molecular formula is C16H24ClN3O2S. The van der Waals surface area contributed by atoms with E-state index >= 15 is 0 Å². The molecule has 0 radical (unpaired) electrons. The molecule has 2 N–H and O–H groups in total. The summed E-state index contributed by atoms with van der Waals surface area (Å²) >= 11 is 1.50. The molecular weight excluding hydrogens is 334 g/mol. The van der Waals surface area contributed by atoms with Crippen LogP contribution in [0.1, 0.15) is 29.6 Å². The molecule has 2 atom stereocenters. The Morgan fingerprint density at radius 2 is 1.96 bits per heavy atom. The van der Waals surface area contributed by atoms with Gasteiger partial charge in [-0.3, -0.25) is 9.59 Å². The first-order valence-corrected chi connectivity index (χ1v) is 8.97. The minimum atomic E-state index is -0.0921. The molecule has 0 aliphatic carbocycles. The van der Waals surface area contributed by atoms with E-state index in [2.05, 4.69) is 10.6 Å². The number of hydrogen-bond donors (Lipinski definition) is 2. The molecule has 0 unspecified atom stereocenters. The van der Waals surface area contributed by atoms with Crippen LogP contribution in [-0.4, -0.2) is 49.4 Å². The third-order valence-corrected chi connectivity index (χ3v) is 5.46. The van der Waals surface area contributed by atoms with E-state index in [1.807, 2.05) is 15.7 Å². The summed E-state index contributed by atoms with van der Waals surface area (Å²) in [7, 11) is 0. The molecule has 1 aromatic heterocycles. The molecule has 0 bridgehead atoms. The van der Waals surface area contributed by atoms with Gasteiger partial charge in [0.2, 0.25) is 5.91 Å². The molecule has 128 valence electrons. The highest BCUT2D eigenvalue weighted by atomic mass is 35.5. The standard InChI is InChI=1S/C16H23N3O2S.ClH/c20-15(1-5-18-16(21)14-4-8-22-11-14)19-6-2-12-9-17-10-13(12)3-7-19;/h4,8,11-13,17H,1-3,5-7,9-10H2,(H,18,21);1H/t12-,13+;. The summed E-state index contributed by atoms with van der Waals surface area (Å²) in [6.45, 7) is 4.34. The van der Waals surface area contributed by atoms with E-state index in [0.29, 0.717) is 18.5 Å². The van der Waals surface area contributed by atoms with Crippen LogP contribution in [0.3, 0.4) is 0 Å².